The maximum absolute atomic E-state index is 12.4. The summed E-state index contributed by atoms with van der Waals surface area (Å²) in [6.45, 7) is 0.513. The lowest BCUT2D eigenvalue weighted by Crippen LogP contribution is -2.27. The number of esters is 1. The van der Waals surface area contributed by atoms with Crippen molar-refractivity contribution < 1.29 is 22.7 Å². The first-order valence-electron chi connectivity index (χ1n) is 7.52. The van der Waals surface area contributed by atoms with E-state index in [-0.39, 0.29) is 16.4 Å². The first-order valence-corrected chi connectivity index (χ1v) is 10.2. The molecule has 0 unspecified atom stereocenters. The van der Waals surface area contributed by atoms with Crippen LogP contribution in [-0.4, -0.2) is 49.2 Å². The number of carbonyl (C=O) groups excluding carboxylic acids is 2. The molecule has 10 heteroatoms. The number of nitrogens with one attached hydrogen (secondary N) is 1. The van der Waals surface area contributed by atoms with Crippen molar-refractivity contribution in [1.29, 1.82) is 0 Å². The molecule has 7 nitrogen and oxygen atoms in total. The van der Waals surface area contributed by atoms with Crippen molar-refractivity contribution in [2.75, 3.05) is 19.7 Å². The number of rotatable bonds is 6. The number of sulfonamides is 1. The number of nitrogens with zero attached hydrogens (tertiary/aromatic N) is 1. The predicted molar refractivity (Wildman–Crippen MR) is 92.7 cm³/mol. The summed E-state index contributed by atoms with van der Waals surface area (Å²) >= 11 is 6.85. The van der Waals surface area contributed by atoms with Crippen LogP contribution >= 0.6 is 22.9 Å². The van der Waals surface area contributed by atoms with Gasteiger partial charge in [-0.1, -0.05) is 11.6 Å². The summed E-state index contributed by atoms with van der Waals surface area (Å²) in [5, 5.41) is 0. The van der Waals surface area contributed by atoms with Gasteiger partial charge in [-0.25, -0.2) is 13.2 Å². The molecule has 2 aromatic heterocycles. The fraction of sp³-hybridized carbons (Fsp3) is 0.333. The molecule has 0 radical (unpaired) electrons. The average Bonchev–Trinajstić information content (AvgIpc) is 3.31. The van der Waals surface area contributed by atoms with Crippen molar-refractivity contribution >= 4 is 44.7 Å². The summed E-state index contributed by atoms with van der Waals surface area (Å²) in [4.78, 5) is 26.9. The van der Waals surface area contributed by atoms with E-state index in [0.29, 0.717) is 22.3 Å². The molecule has 3 heterocycles. The average molecular weight is 403 g/mol. The van der Waals surface area contributed by atoms with Gasteiger partial charge in [-0.3, -0.25) is 4.79 Å². The zero-order chi connectivity index (χ0) is 18.0. The van der Waals surface area contributed by atoms with Crippen LogP contribution in [0.25, 0.3) is 0 Å². The van der Waals surface area contributed by atoms with Crippen LogP contribution in [-0.2, 0) is 14.8 Å². The van der Waals surface area contributed by atoms with Gasteiger partial charge in [-0.15, -0.1) is 11.3 Å². The molecule has 0 bridgehead atoms. The van der Waals surface area contributed by atoms with Crippen LogP contribution in [0.5, 0.6) is 0 Å². The van der Waals surface area contributed by atoms with Gasteiger partial charge in [0, 0.05) is 19.3 Å². The summed E-state index contributed by atoms with van der Waals surface area (Å²) in [6.07, 6.45) is 2.91. The van der Waals surface area contributed by atoms with E-state index in [9.17, 15) is 18.0 Å². The second-order valence-electron chi connectivity index (χ2n) is 5.46. The highest BCUT2D eigenvalue weighted by Crippen LogP contribution is 2.23. The van der Waals surface area contributed by atoms with E-state index in [1.165, 1.54) is 16.6 Å². The number of aromatic amines is 1. The Morgan fingerprint density at radius 3 is 2.64 bits per heavy atom. The highest BCUT2D eigenvalue weighted by molar-refractivity contribution is 7.89. The number of hydrogen-bond acceptors (Lipinski definition) is 6. The Morgan fingerprint density at radius 2 is 2.00 bits per heavy atom. The van der Waals surface area contributed by atoms with E-state index < -0.39 is 22.6 Å². The van der Waals surface area contributed by atoms with Crippen LogP contribution in [0.1, 0.15) is 33.0 Å². The third-order valence-corrected chi connectivity index (χ3v) is 6.91. The summed E-state index contributed by atoms with van der Waals surface area (Å²) in [7, 11) is -3.61. The maximum atomic E-state index is 12.4. The molecule has 2 aromatic rings. The van der Waals surface area contributed by atoms with E-state index in [4.69, 9.17) is 16.3 Å². The zero-order valence-corrected chi connectivity index (χ0v) is 15.4. The molecule has 1 N–H and O–H groups in total. The lowest BCUT2D eigenvalue weighted by molar-refractivity contribution is 0.0470. The Morgan fingerprint density at radius 1 is 1.28 bits per heavy atom. The highest BCUT2D eigenvalue weighted by Gasteiger charge is 2.29. The van der Waals surface area contributed by atoms with E-state index in [1.54, 1.807) is 12.1 Å². The number of ketones is 1. The molecule has 1 fully saturated rings. The van der Waals surface area contributed by atoms with Crippen LogP contribution in [0, 0.1) is 0 Å². The van der Waals surface area contributed by atoms with Crippen molar-refractivity contribution in [3.05, 3.63) is 39.3 Å². The topological polar surface area (TPSA) is 96.5 Å². The molecule has 0 saturated carbocycles. The molecule has 0 atom stereocenters. The minimum Gasteiger partial charge on any atom is -0.453 e. The second-order valence-corrected chi connectivity index (χ2v) is 9.12. The van der Waals surface area contributed by atoms with Crippen LogP contribution in [0.4, 0.5) is 0 Å². The Hall–Kier alpha value is -1.68. The van der Waals surface area contributed by atoms with Crippen LogP contribution in [0.15, 0.2) is 29.3 Å². The lowest BCUT2D eigenvalue weighted by Gasteiger charge is -2.13. The van der Waals surface area contributed by atoms with Crippen molar-refractivity contribution in [2.24, 2.45) is 0 Å². The third-order valence-electron chi connectivity index (χ3n) is 3.76. The molecule has 134 valence electrons. The molecular formula is C15H15ClN2O5S2. The molecular weight excluding hydrogens is 388 g/mol. The fourth-order valence-corrected chi connectivity index (χ4v) is 4.94. The molecule has 1 aliphatic rings. The van der Waals surface area contributed by atoms with E-state index in [0.717, 1.165) is 24.2 Å². The van der Waals surface area contributed by atoms with Gasteiger partial charge in [-0.05, 0) is 31.0 Å². The van der Waals surface area contributed by atoms with Crippen LogP contribution in [0.3, 0.4) is 0 Å². The van der Waals surface area contributed by atoms with E-state index >= 15 is 0 Å². The first kappa shape index (κ1) is 18.1. The number of Topliss-reactive ketones (excluding diaryl/α,β-unsaturated/α-hetero) is 1. The van der Waals surface area contributed by atoms with E-state index in [2.05, 4.69) is 4.98 Å². The SMILES string of the molecule is O=C(OCC(=O)c1ccc(Cl)s1)c1cc(S(=O)(=O)N2CCCC2)c[nH]1. The van der Waals surface area contributed by atoms with Crippen molar-refractivity contribution in [1.82, 2.24) is 9.29 Å². The normalized spacial score (nSPS) is 15.4. The van der Waals surface area contributed by atoms with Gasteiger partial charge in [0.1, 0.15) is 10.6 Å². The van der Waals surface area contributed by atoms with Gasteiger partial charge in [0.25, 0.3) is 0 Å². The minimum absolute atomic E-state index is 0.0118. The smallest absolute Gasteiger partial charge is 0.355 e. The number of carbonyl (C=O) groups is 2. The summed E-state index contributed by atoms with van der Waals surface area (Å²) in [6, 6.07) is 4.36. The monoisotopic (exact) mass is 402 g/mol. The van der Waals surface area contributed by atoms with Gasteiger partial charge in [0.05, 0.1) is 9.21 Å². The molecule has 0 aromatic carbocycles. The molecule has 0 spiro atoms. The second kappa shape index (κ2) is 7.28. The maximum Gasteiger partial charge on any atom is 0.355 e. The molecule has 25 heavy (non-hydrogen) atoms. The zero-order valence-electron chi connectivity index (χ0n) is 13.0. The Labute approximate surface area is 153 Å². The van der Waals surface area contributed by atoms with Crippen molar-refractivity contribution in [2.45, 2.75) is 17.7 Å². The van der Waals surface area contributed by atoms with Gasteiger partial charge < -0.3 is 9.72 Å². The summed E-state index contributed by atoms with van der Waals surface area (Å²) in [5.74, 6) is -1.17. The number of aromatic nitrogens is 1. The Bertz CT molecular complexity index is 897. The van der Waals surface area contributed by atoms with E-state index in [1.807, 2.05) is 0 Å². The first-order chi connectivity index (χ1) is 11.9. The van der Waals surface area contributed by atoms with Gasteiger partial charge in [0.15, 0.2) is 6.61 Å². The van der Waals surface area contributed by atoms with Crippen LogP contribution < -0.4 is 0 Å². The minimum atomic E-state index is -3.61. The predicted octanol–water partition coefficient (Wildman–Crippen LogP) is 2.55. The van der Waals surface area contributed by atoms with Crippen LogP contribution in [0.2, 0.25) is 4.34 Å². The van der Waals surface area contributed by atoms with Crippen molar-refractivity contribution in [3.8, 4) is 0 Å². The molecule has 0 amide bonds. The standard InChI is InChI=1S/C15H15ClN2O5S2/c16-14-4-3-13(24-14)12(19)9-23-15(20)11-7-10(8-17-11)25(21,22)18-5-1-2-6-18/h3-4,7-8,17H,1-2,5-6,9H2. The molecule has 3 rings (SSSR count). The Kier molecular flexibility index (Phi) is 5.28. The van der Waals surface area contributed by atoms with Crippen molar-refractivity contribution in [3.63, 3.8) is 0 Å². The number of halogens is 1. The van der Waals surface area contributed by atoms with Gasteiger partial charge >= 0.3 is 5.97 Å². The van der Waals surface area contributed by atoms with Gasteiger partial charge in [-0.2, -0.15) is 4.31 Å². The number of ether oxygens (including phenoxy) is 1. The fourth-order valence-electron chi connectivity index (χ4n) is 2.46. The lowest BCUT2D eigenvalue weighted by atomic mass is 10.3. The van der Waals surface area contributed by atoms with Gasteiger partial charge in [0.2, 0.25) is 15.8 Å². The third kappa shape index (κ3) is 3.95. The molecule has 1 saturated heterocycles. The molecule has 0 aliphatic carbocycles. The largest absolute Gasteiger partial charge is 0.453 e. The Balaban J connectivity index is 1.63. The number of hydrogen-bond donors (Lipinski definition) is 1. The summed E-state index contributed by atoms with van der Waals surface area (Å²) < 4.78 is 31.6. The quantitative estimate of drug-likeness (QED) is 0.591. The molecule has 1 aliphatic heterocycles. The summed E-state index contributed by atoms with van der Waals surface area (Å²) in [5.41, 5.74) is -0.0187. The number of H-pyrrole nitrogens is 1. The number of thiophene rings is 1. The highest BCUT2D eigenvalue weighted by atomic mass is 35.5.